The lowest BCUT2D eigenvalue weighted by Crippen LogP contribution is -2.02. The Kier molecular flexibility index (Phi) is 4.05. The van der Waals surface area contributed by atoms with E-state index in [1.807, 2.05) is 60.7 Å². The Labute approximate surface area is 170 Å². The summed E-state index contributed by atoms with van der Waals surface area (Å²) in [6.07, 6.45) is 0. The monoisotopic (exact) mass is 392 g/mol. The number of aliphatic imine (C=N–C) groups is 1. The molecule has 3 nitrogen and oxygen atoms in total. The van der Waals surface area contributed by atoms with Gasteiger partial charge in [0.2, 0.25) is 5.82 Å². The van der Waals surface area contributed by atoms with E-state index in [1.54, 1.807) is 0 Å². The molecule has 0 saturated carbocycles. The highest BCUT2D eigenvalue weighted by molar-refractivity contribution is 6.14. The zero-order valence-corrected chi connectivity index (χ0v) is 15.1. The van der Waals surface area contributed by atoms with E-state index in [0.29, 0.717) is 5.71 Å². The molecule has 0 aliphatic heterocycles. The minimum Gasteiger partial charge on any atom is -0.507 e. The average molecular weight is 392 g/mol. The van der Waals surface area contributed by atoms with E-state index in [2.05, 4.69) is 9.73 Å². The van der Waals surface area contributed by atoms with Crippen molar-refractivity contribution in [1.82, 2.24) is 0 Å². The van der Waals surface area contributed by atoms with E-state index >= 15 is 0 Å². The van der Waals surface area contributed by atoms with Crippen molar-refractivity contribution in [3.05, 3.63) is 102 Å². The van der Waals surface area contributed by atoms with Crippen LogP contribution in [0, 0.1) is 11.6 Å². The Morgan fingerprint density at radius 3 is 2.14 bits per heavy atom. The lowest BCUT2D eigenvalue weighted by atomic mass is 10.0. The molecule has 4 aromatic rings. The minimum atomic E-state index is -3.03. The van der Waals surface area contributed by atoms with Gasteiger partial charge in [0.25, 0.3) is 0 Å². The fourth-order valence-corrected chi connectivity index (χ4v) is 3.19. The molecule has 0 heterocycles. The third-order valence-electron chi connectivity index (χ3n) is 4.49. The number of hydrogen-bond acceptors (Lipinski definition) is 3. The highest BCUT2D eigenvalue weighted by Crippen LogP contribution is 2.39. The number of phenolic OH excluding ortho intramolecular Hbond substituents is 1. The number of ether oxygens (including phenoxy) is 1. The summed E-state index contributed by atoms with van der Waals surface area (Å²) >= 11 is 0. The molecule has 1 N–H and O–H groups in total. The number of hydrogen-bond donors (Lipinski definition) is 1. The van der Waals surface area contributed by atoms with Crippen LogP contribution in [0.4, 0.5) is 14.5 Å². The van der Waals surface area contributed by atoms with Crippen molar-refractivity contribution >= 4 is 22.2 Å². The van der Waals surface area contributed by atoms with Crippen molar-refractivity contribution < 1.29 is 22.7 Å². The normalized spacial score (nSPS) is 12.7. The summed E-state index contributed by atoms with van der Waals surface area (Å²) in [5.74, 6) is -4.16. The van der Waals surface area contributed by atoms with Crippen molar-refractivity contribution in [1.29, 1.82) is 0 Å². The number of nitrogens with zero attached hydrogens (tertiary/aromatic N) is 1. The number of fused-ring (bicyclic) bond motifs is 1. The van der Waals surface area contributed by atoms with Crippen LogP contribution in [0.25, 0.3) is 10.8 Å². The molecule has 0 amide bonds. The number of methoxy groups -OCH3 is 1. The molecule has 0 unspecified atom stereocenters. The Bertz CT molecular complexity index is 1270. The van der Waals surface area contributed by atoms with Crippen LogP contribution in [-0.4, -0.2) is 17.9 Å². The maximum atomic E-state index is 14.3. The molecule has 0 aromatic heterocycles. The quantitative estimate of drug-likeness (QED) is 0.433. The molecule has 0 fully saturated rings. The van der Waals surface area contributed by atoms with Gasteiger partial charge in [-0.05, 0) is 17.5 Å². The summed E-state index contributed by atoms with van der Waals surface area (Å²) in [6, 6.07) is 22.3. The van der Waals surface area contributed by atoms with E-state index in [1.165, 1.54) is 12.1 Å². The first-order valence-electron chi connectivity index (χ1n) is 10.3. The van der Waals surface area contributed by atoms with E-state index in [9.17, 15) is 13.9 Å². The maximum Gasteiger partial charge on any atom is 0.201 e. The van der Waals surface area contributed by atoms with Gasteiger partial charge in [-0.25, -0.2) is 9.38 Å². The van der Waals surface area contributed by atoms with Gasteiger partial charge in [0.05, 0.1) is 27.9 Å². The molecule has 4 rings (SSSR count). The van der Waals surface area contributed by atoms with Gasteiger partial charge in [-0.15, -0.1) is 0 Å². The average Bonchev–Trinajstić information content (AvgIpc) is 2.75. The molecule has 0 aliphatic carbocycles. The Hall–Kier alpha value is -3.73. The third-order valence-corrected chi connectivity index (χ3v) is 4.49. The summed E-state index contributed by atoms with van der Waals surface area (Å²) in [5.41, 5.74) is 2.50. The van der Waals surface area contributed by atoms with E-state index in [-0.39, 0.29) is 16.5 Å². The molecular weight excluding hydrogens is 372 g/mol. The van der Waals surface area contributed by atoms with E-state index < -0.39 is 30.2 Å². The molecule has 0 spiro atoms. The first-order chi connectivity index (χ1) is 15.2. The van der Waals surface area contributed by atoms with Crippen LogP contribution < -0.4 is 4.74 Å². The number of benzene rings is 4. The predicted octanol–water partition coefficient (Wildman–Crippen LogP) is 6.00. The smallest absolute Gasteiger partial charge is 0.201 e. The second-order valence-electron chi connectivity index (χ2n) is 6.36. The van der Waals surface area contributed by atoms with Crippen LogP contribution in [-0.2, 0) is 0 Å². The van der Waals surface area contributed by atoms with Gasteiger partial charge < -0.3 is 9.84 Å². The molecule has 0 bridgehead atoms. The molecule has 5 heteroatoms. The van der Waals surface area contributed by atoms with Crippen molar-refractivity contribution in [2.24, 2.45) is 4.99 Å². The van der Waals surface area contributed by atoms with Gasteiger partial charge in [-0.2, -0.15) is 4.39 Å². The summed E-state index contributed by atoms with van der Waals surface area (Å²) < 4.78 is 54.8. The lowest BCUT2D eigenvalue weighted by Gasteiger charge is -2.12. The number of phenols is 1. The molecule has 29 heavy (non-hydrogen) atoms. The summed E-state index contributed by atoms with van der Waals surface area (Å²) in [5, 5.41) is 10.4. The molecule has 0 radical (unpaired) electrons. The zero-order chi connectivity index (χ0) is 22.9. The van der Waals surface area contributed by atoms with Crippen LogP contribution in [0.1, 0.15) is 15.2 Å². The van der Waals surface area contributed by atoms with Crippen molar-refractivity contribution in [3.8, 4) is 11.5 Å². The van der Waals surface area contributed by atoms with Crippen LogP contribution in [0.15, 0.2) is 83.9 Å². The molecular formula is C24H17F2NO2. The van der Waals surface area contributed by atoms with Crippen molar-refractivity contribution in [2.75, 3.05) is 7.04 Å². The second kappa shape index (κ2) is 7.72. The maximum absolute atomic E-state index is 14.3. The van der Waals surface area contributed by atoms with Gasteiger partial charge >= 0.3 is 0 Å². The first kappa shape index (κ1) is 15.2. The second-order valence-corrected chi connectivity index (χ2v) is 6.36. The largest absolute Gasteiger partial charge is 0.507 e. The summed E-state index contributed by atoms with van der Waals surface area (Å²) in [6.45, 7) is 0. The number of rotatable bonds is 4. The van der Waals surface area contributed by atoms with Crippen LogP contribution >= 0.6 is 0 Å². The van der Waals surface area contributed by atoms with E-state index in [0.717, 1.165) is 17.2 Å². The standard InChI is InChI=1S/C24H17F2NO2/c1-29-24-21-17(13-19(25)22(24)26)12-18(14-20(21)28)27-23(15-8-4-2-5-9-15)16-10-6-3-7-11-16/h2-14,28H,1H3/i1D3. The highest BCUT2D eigenvalue weighted by Gasteiger charge is 2.18. The molecule has 0 atom stereocenters. The first-order valence-corrected chi connectivity index (χ1v) is 8.76. The zero-order valence-electron chi connectivity index (χ0n) is 18.1. The van der Waals surface area contributed by atoms with Gasteiger partial charge in [0, 0.05) is 17.2 Å². The number of halogens is 2. The highest BCUT2D eigenvalue weighted by atomic mass is 19.2. The molecule has 0 saturated heterocycles. The molecule has 0 aliphatic rings. The fraction of sp³-hybridized carbons (Fsp3) is 0.0417. The summed E-state index contributed by atoms with van der Waals surface area (Å²) in [4.78, 5) is 4.65. The van der Waals surface area contributed by atoms with Gasteiger partial charge in [-0.3, -0.25) is 0 Å². The van der Waals surface area contributed by atoms with Gasteiger partial charge in [0.15, 0.2) is 11.6 Å². The molecule has 4 aromatic carbocycles. The Balaban J connectivity index is 1.93. The topological polar surface area (TPSA) is 41.8 Å². The lowest BCUT2D eigenvalue weighted by molar-refractivity contribution is 0.375. The third kappa shape index (κ3) is 3.55. The summed E-state index contributed by atoms with van der Waals surface area (Å²) in [7, 11) is -3.03. The van der Waals surface area contributed by atoms with Crippen molar-refractivity contribution in [2.45, 2.75) is 0 Å². The molecule has 144 valence electrons. The fourth-order valence-electron chi connectivity index (χ4n) is 3.19. The van der Waals surface area contributed by atoms with Crippen molar-refractivity contribution in [3.63, 3.8) is 0 Å². The predicted molar refractivity (Wildman–Crippen MR) is 110 cm³/mol. The van der Waals surface area contributed by atoms with Crippen LogP contribution in [0.3, 0.4) is 0 Å². The van der Waals surface area contributed by atoms with Crippen LogP contribution in [0.5, 0.6) is 11.5 Å². The van der Waals surface area contributed by atoms with Crippen LogP contribution in [0.2, 0.25) is 0 Å². The Morgan fingerprint density at radius 2 is 1.55 bits per heavy atom. The van der Waals surface area contributed by atoms with Gasteiger partial charge in [-0.1, -0.05) is 60.7 Å². The Morgan fingerprint density at radius 1 is 0.931 bits per heavy atom. The number of aromatic hydroxyl groups is 1. The van der Waals surface area contributed by atoms with Gasteiger partial charge in [0.1, 0.15) is 5.75 Å². The minimum absolute atomic E-state index is 0.0439. The SMILES string of the molecule is [2H]C([2H])([2H])Oc1c(F)c(F)cc2cc(N=C(c3ccccc3)c3ccccc3)cc(O)c12. The van der Waals surface area contributed by atoms with E-state index in [4.69, 9.17) is 4.11 Å².